The number of hydrogen-bond acceptors (Lipinski definition) is 5. The smallest absolute Gasteiger partial charge is 0.335 e. The lowest BCUT2D eigenvalue weighted by Gasteiger charge is -2.17. The van der Waals surface area contributed by atoms with Gasteiger partial charge >= 0.3 is 11.9 Å². The van der Waals surface area contributed by atoms with Crippen molar-refractivity contribution in [1.29, 1.82) is 0 Å². The molecule has 0 saturated carbocycles. The molecule has 0 aliphatic rings. The van der Waals surface area contributed by atoms with Crippen LogP contribution < -0.4 is 4.72 Å². The molecule has 122 valence electrons. The summed E-state index contributed by atoms with van der Waals surface area (Å²) in [4.78, 5) is 21.7. The maximum absolute atomic E-state index is 11.9. The van der Waals surface area contributed by atoms with Gasteiger partial charge in [0.15, 0.2) is 0 Å². The molecule has 0 fully saturated rings. The molecular weight excluding hydrogens is 312 g/mol. The lowest BCUT2D eigenvalue weighted by molar-refractivity contribution is -0.140. The van der Waals surface area contributed by atoms with Crippen molar-refractivity contribution in [2.75, 3.05) is 20.7 Å². The molecule has 0 bridgehead atoms. The summed E-state index contributed by atoms with van der Waals surface area (Å²) in [6.07, 6.45) is -0.0405. The SMILES string of the molecule is COC(=O)CCN(C)S(=O)(=O)NCc1ccc(C(=O)O)cc1. The first kappa shape index (κ1) is 18.1. The van der Waals surface area contributed by atoms with Gasteiger partial charge in [-0.3, -0.25) is 4.79 Å². The number of esters is 1. The minimum atomic E-state index is -3.73. The van der Waals surface area contributed by atoms with Crippen LogP contribution in [0.1, 0.15) is 22.3 Å². The van der Waals surface area contributed by atoms with Crippen LogP contribution >= 0.6 is 0 Å². The van der Waals surface area contributed by atoms with Gasteiger partial charge in [-0.25, -0.2) is 4.79 Å². The first-order chi connectivity index (χ1) is 10.3. The number of rotatable bonds is 8. The van der Waals surface area contributed by atoms with E-state index in [1.807, 2.05) is 0 Å². The zero-order chi connectivity index (χ0) is 16.8. The first-order valence-electron chi connectivity index (χ1n) is 6.36. The van der Waals surface area contributed by atoms with Crippen molar-refractivity contribution in [3.05, 3.63) is 35.4 Å². The third-order valence-corrected chi connectivity index (χ3v) is 4.44. The van der Waals surface area contributed by atoms with Crippen LogP contribution in [0.4, 0.5) is 0 Å². The van der Waals surface area contributed by atoms with E-state index >= 15 is 0 Å². The molecule has 0 aliphatic carbocycles. The summed E-state index contributed by atoms with van der Waals surface area (Å²) in [6, 6.07) is 5.85. The highest BCUT2D eigenvalue weighted by atomic mass is 32.2. The van der Waals surface area contributed by atoms with Crippen LogP contribution in [0.3, 0.4) is 0 Å². The van der Waals surface area contributed by atoms with Crippen molar-refractivity contribution in [2.24, 2.45) is 0 Å². The van der Waals surface area contributed by atoms with E-state index in [2.05, 4.69) is 9.46 Å². The van der Waals surface area contributed by atoms with Crippen molar-refractivity contribution in [3.63, 3.8) is 0 Å². The monoisotopic (exact) mass is 330 g/mol. The van der Waals surface area contributed by atoms with Gasteiger partial charge in [-0.1, -0.05) is 12.1 Å². The average molecular weight is 330 g/mol. The topological polar surface area (TPSA) is 113 Å². The van der Waals surface area contributed by atoms with Crippen molar-refractivity contribution in [2.45, 2.75) is 13.0 Å². The van der Waals surface area contributed by atoms with Crippen LogP contribution in [0, 0.1) is 0 Å². The number of nitrogens with one attached hydrogen (secondary N) is 1. The van der Waals surface area contributed by atoms with Crippen molar-refractivity contribution < 1.29 is 27.9 Å². The quantitative estimate of drug-likeness (QED) is 0.659. The van der Waals surface area contributed by atoms with Gasteiger partial charge in [0.1, 0.15) is 0 Å². The molecule has 0 atom stereocenters. The molecule has 0 saturated heterocycles. The zero-order valence-corrected chi connectivity index (χ0v) is 13.1. The van der Waals surface area contributed by atoms with Gasteiger partial charge in [-0.2, -0.15) is 17.4 Å². The summed E-state index contributed by atoms with van der Waals surface area (Å²) in [5.41, 5.74) is 0.747. The minimum absolute atomic E-state index is 0.0000410. The normalized spacial score (nSPS) is 11.4. The molecule has 1 rings (SSSR count). The number of nitrogens with zero attached hydrogens (tertiary/aromatic N) is 1. The molecular formula is C13H18N2O6S. The van der Waals surface area contributed by atoms with Crippen LogP contribution in [-0.2, 0) is 26.3 Å². The summed E-state index contributed by atoms with van der Waals surface area (Å²) in [5, 5.41) is 8.78. The number of carbonyl (C=O) groups is 2. The molecule has 0 amide bonds. The van der Waals surface area contributed by atoms with E-state index in [4.69, 9.17) is 5.11 Å². The number of carboxylic acid groups (broad SMARTS) is 1. The average Bonchev–Trinajstić information content (AvgIpc) is 2.50. The highest BCUT2D eigenvalue weighted by molar-refractivity contribution is 7.87. The molecule has 0 aliphatic heterocycles. The molecule has 0 heterocycles. The van der Waals surface area contributed by atoms with Gasteiger partial charge < -0.3 is 9.84 Å². The summed E-state index contributed by atoms with van der Waals surface area (Å²) in [7, 11) is -1.15. The Morgan fingerprint density at radius 2 is 1.86 bits per heavy atom. The second-order valence-electron chi connectivity index (χ2n) is 4.48. The van der Waals surface area contributed by atoms with Gasteiger partial charge in [0.05, 0.1) is 19.1 Å². The van der Waals surface area contributed by atoms with E-state index < -0.39 is 22.1 Å². The van der Waals surface area contributed by atoms with Crippen molar-refractivity contribution in [3.8, 4) is 0 Å². The van der Waals surface area contributed by atoms with Crippen LogP contribution in [-0.4, -0.2) is 50.5 Å². The molecule has 9 heteroatoms. The van der Waals surface area contributed by atoms with Crippen LogP contribution in [0.5, 0.6) is 0 Å². The lowest BCUT2D eigenvalue weighted by atomic mass is 10.1. The predicted molar refractivity (Wildman–Crippen MR) is 78.4 cm³/mol. The molecule has 0 unspecified atom stereocenters. The molecule has 1 aromatic carbocycles. The fourth-order valence-corrected chi connectivity index (χ4v) is 2.42. The van der Waals surface area contributed by atoms with Gasteiger partial charge in [-0.05, 0) is 17.7 Å². The number of ether oxygens (including phenoxy) is 1. The molecule has 22 heavy (non-hydrogen) atoms. The Bertz CT molecular complexity index is 626. The molecule has 0 spiro atoms. The maximum atomic E-state index is 11.9. The zero-order valence-electron chi connectivity index (χ0n) is 12.3. The standard InChI is InChI=1S/C13H18N2O6S/c1-15(8-7-12(16)21-2)22(19,20)14-9-10-3-5-11(6-4-10)13(17)18/h3-6,14H,7-9H2,1-2H3,(H,17,18). The van der Waals surface area contributed by atoms with E-state index in [1.54, 1.807) is 0 Å². The number of methoxy groups -OCH3 is 1. The fraction of sp³-hybridized carbons (Fsp3) is 0.385. The van der Waals surface area contributed by atoms with Gasteiger partial charge in [-0.15, -0.1) is 0 Å². The maximum Gasteiger partial charge on any atom is 0.335 e. The molecule has 2 N–H and O–H groups in total. The van der Waals surface area contributed by atoms with E-state index in [0.29, 0.717) is 5.56 Å². The van der Waals surface area contributed by atoms with Gasteiger partial charge in [0.25, 0.3) is 10.2 Å². The largest absolute Gasteiger partial charge is 0.478 e. The fourth-order valence-electron chi connectivity index (χ4n) is 1.52. The second-order valence-corrected chi connectivity index (χ2v) is 6.34. The number of aromatic carboxylic acids is 1. The number of hydrogen-bond donors (Lipinski definition) is 2. The van der Waals surface area contributed by atoms with E-state index in [1.165, 1.54) is 38.4 Å². The molecule has 0 radical (unpaired) electrons. The third kappa shape index (κ3) is 5.43. The number of carbonyl (C=O) groups excluding carboxylic acids is 1. The van der Waals surface area contributed by atoms with Crippen LogP contribution in [0.25, 0.3) is 0 Å². The summed E-state index contributed by atoms with van der Waals surface area (Å²) < 4.78 is 31.7. The summed E-state index contributed by atoms with van der Waals surface area (Å²) in [5.74, 6) is -1.54. The summed E-state index contributed by atoms with van der Waals surface area (Å²) in [6.45, 7) is 0.0186. The Balaban J connectivity index is 2.57. The Morgan fingerprint density at radius 3 is 2.36 bits per heavy atom. The highest BCUT2D eigenvalue weighted by Gasteiger charge is 2.18. The van der Waals surface area contributed by atoms with E-state index in [-0.39, 0.29) is 25.1 Å². The van der Waals surface area contributed by atoms with Gasteiger partial charge in [0, 0.05) is 20.1 Å². The van der Waals surface area contributed by atoms with E-state index in [0.717, 1.165) is 4.31 Å². The number of benzene rings is 1. The Kier molecular flexibility index (Phi) is 6.47. The molecule has 8 nitrogen and oxygen atoms in total. The Morgan fingerprint density at radius 1 is 1.27 bits per heavy atom. The second kappa shape index (κ2) is 7.87. The first-order valence-corrected chi connectivity index (χ1v) is 7.80. The molecule has 1 aromatic rings. The summed E-state index contributed by atoms with van der Waals surface area (Å²) >= 11 is 0. The lowest BCUT2D eigenvalue weighted by Crippen LogP contribution is -2.38. The number of carboxylic acids is 1. The van der Waals surface area contributed by atoms with Gasteiger partial charge in [0.2, 0.25) is 0 Å². The van der Waals surface area contributed by atoms with E-state index in [9.17, 15) is 18.0 Å². The minimum Gasteiger partial charge on any atom is -0.478 e. The molecule has 0 aromatic heterocycles. The Hall–Kier alpha value is -1.97. The Labute approximate surface area is 128 Å². The van der Waals surface area contributed by atoms with Crippen LogP contribution in [0.2, 0.25) is 0 Å². The van der Waals surface area contributed by atoms with Crippen LogP contribution in [0.15, 0.2) is 24.3 Å². The van der Waals surface area contributed by atoms with Crippen molar-refractivity contribution >= 4 is 22.1 Å². The predicted octanol–water partition coefficient (Wildman–Crippen LogP) is 0.214. The third-order valence-electron chi connectivity index (χ3n) is 2.93. The highest BCUT2D eigenvalue weighted by Crippen LogP contribution is 2.06. The van der Waals surface area contributed by atoms with Crippen molar-refractivity contribution in [1.82, 2.24) is 9.03 Å².